The van der Waals surface area contributed by atoms with Gasteiger partial charge in [0.05, 0.1) is 17.2 Å². The Morgan fingerprint density at radius 3 is 2.47 bits per heavy atom. The molecule has 5 rings (SSSR count). The van der Waals surface area contributed by atoms with Gasteiger partial charge in [0.25, 0.3) is 0 Å². The lowest BCUT2D eigenvalue weighted by Crippen LogP contribution is -2.46. The quantitative estimate of drug-likeness (QED) is 0.401. The maximum Gasteiger partial charge on any atom is 0.227 e. The first-order valence-electron chi connectivity index (χ1n) is 12.6. The first-order chi connectivity index (χ1) is 17.6. The maximum atomic E-state index is 12.2. The van der Waals surface area contributed by atoms with Crippen molar-refractivity contribution in [1.29, 1.82) is 0 Å². The average molecular weight is 481 g/mol. The molecule has 1 saturated heterocycles. The minimum Gasteiger partial charge on any atom is -0.353 e. The number of nitrogens with zero attached hydrogens (tertiary/aromatic N) is 5. The smallest absolute Gasteiger partial charge is 0.227 e. The molecule has 1 N–H and O–H groups in total. The number of nitrogens with one attached hydrogen (secondary N) is 1. The van der Waals surface area contributed by atoms with Gasteiger partial charge in [-0.25, -0.2) is 4.98 Å². The summed E-state index contributed by atoms with van der Waals surface area (Å²) in [4.78, 5) is 30.8. The predicted molar refractivity (Wildman–Crippen MR) is 145 cm³/mol. The lowest BCUT2D eigenvalue weighted by Gasteiger charge is -2.35. The zero-order chi connectivity index (χ0) is 24.9. The molecule has 1 amide bonds. The van der Waals surface area contributed by atoms with Gasteiger partial charge in [-0.15, -0.1) is 0 Å². The highest BCUT2D eigenvalue weighted by atomic mass is 16.1. The number of hydrogen-bond acceptors (Lipinski definition) is 6. The van der Waals surface area contributed by atoms with E-state index in [9.17, 15) is 4.79 Å². The summed E-state index contributed by atoms with van der Waals surface area (Å²) in [7, 11) is 0. The second kappa shape index (κ2) is 10.8. The number of carbonyl (C=O) groups is 1. The van der Waals surface area contributed by atoms with Crippen molar-refractivity contribution < 1.29 is 4.79 Å². The summed E-state index contributed by atoms with van der Waals surface area (Å²) in [5.74, 6) is 0.975. The van der Waals surface area contributed by atoms with E-state index in [4.69, 9.17) is 4.98 Å². The van der Waals surface area contributed by atoms with Gasteiger partial charge in [-0.2, -0.15) is 0 Å². The first kappa shape index (κ1) is 23.9. The van der Waals surface area contributed by atoms with Crippen molar-refractivity contribution in [3.05, 3.63) is 78.8 Å². The Balaban J connectivity index is 1.26. The van der Waals surface area contributed by atoms with E-state index in [2.05, 4.69) is 43.3 Å². The van der Waals surface area contributed by atoms with E-state index >= 15 is 0 Å². The molecule has 0 saturated carbocycles. The van der Waals surface area contributed by atoms with Crippen LogP contribution in [0.25, 0.3) is 22.2 Å². The Bertz CT molecular complexity index is 1320. The summed E-state index contributed by atoms with van der Waals surface area (Å²) in [6, 6.07) is 18.3. The molecule has 7 heteroatoms. The van der Waals surface area contributed by atoms with Gasteiger partial charge in [-0.1, -0.05) is 38.1 Å². The van der Waals surface area contributed by atoms with E-state index in [0.29, 0.717) is 0 Å². The molecular formula is C29H32N6O. The van der Waals surface area contributed by atoms with Crippen LogP contribution < -0.4 is 10.2 Å². The summed E-state index contributed by atoms with van der Waals surface area (Å²) >= 11 is 0. The number of pyridine rings is 1. The van der Waals surface area contributed by atoms with Gasteiger partial charge in [-0.3, -0.25) is 19.7 Å². The third-order valence-corrected chi connectivity index (χ3v) is 6.90. The minimum absolute atomic E-state index is 0.00192. The molecule has 7 nitrogen and oxygen atoms in total. The second-order valence-corrected chi connectivity index (χ2v) is 9.43. The number of rotatable bonds is 7. The molecule has 2 aromatic heterocycles. The fourth-order valence-corrected chi connectivity index (χ4v) is 4.42. The number of amides is 1. The number of fused-ring (bicyclic) bond motifs is 1. The van der Waals surface area contributed by atoms with Gasteiger partial charge in [-0.05, 0) is 53.4 Å². The number of piperazine rings is 1. The largest absolute Gasteiger partial charge is 0.353 e. The molecule has 2 aromatic carbocycles. The van der Waals surface area contributed by atoms with Crippen LogP contribution >= 0.6 is 0 Å². The maximum absolute atomic E-state index is 12.2. The molecule has 0 spiro atoms. The SMILES string of the molecule is CCC(C)C(=O)Nc1ccc(-c2ccc3ncc(N4CCN(Cc5cccnc5)CC4)nc3c2)cc1. The number of benzene rings is 2. The molecule has 1 aliphatic heterocycles. The topological polar surface area (TPSA) is 74.2 Å². The number of carbonyl (C=O) groups excluding carboxylic acids is 1. The molecular weight excluding hydrogens is 448 g/mol. The second-order valence-electron chi connectivity index (χ2n) is 9.43. The van der Waals surface area contributed by atoms with Gasteiger partial charge >= 0.3 is 0 Å². The third-order valence-electron chi connectivity index (χ3n) is 6.90. The molecule has 1 aliphatic rings. The third kappa shape index (κ3) is 5.52. The highest BCUT2D eigenvalue weighted by Gasteiger charge is 2.19. The summed E-state index contributed by atoms with van der Waals surface area (Å²) in [5, 5.41) is 2.99. The van der Waals surface area contributed by atoms with Crippen molar-refractivity contribution in [2.45, 2.75) is 26.8 Å². The Hall–Kier alpha value is -3.84. The molecule has 3 heterocycles. The Morgan fingerprint density at radius 2 is 1.75 bits per heavy atom. The van der Waals surface area contributed by atoms with Crippen LogP contribution in [0.3, 0.4) is 0 Å². The summed E-state index contributed by atoms with van der Waals surface area (Å²) in [6.45, 7) is 8.69. The predicted octanol–water partition coefficient (Wildman–Crippen LogP) is 5.00. The van der Waals surface area contributed by atoms with Crippen molar-refractivity contribution in [2.75, 3.05) is 36.4 Å². The molecule has 1 unspecified atom stereocenters. The van der Waals surface area contributed by atoms with Gasteiger partial charge in [0, 0.05) is 56.7 Å². The van der Waals surface area contributed by atoms with Gasteiger partial charge in [0.15, 0.2) is 0 Å². The van der Waals surface area contributed by atoms with Crippen molar-refractivity contribution in [3.63, 3.8) is 0 Å². The average Bonchev–Trinajstić information content (AvgIpc) is 2.93. The number of aromatic nitrogens is 3. The standard InChI is InChI=1S/C29H32N6O/c1-3-21(2)29(36)32-25-9-6-23(7-10-25)24-8-11-26-27(17-24)33-28(19-31-26)35-15-13-34(14-16-35)20-22-5-4-12-30-18-22/h4-12,17-19,21H,3,13-16,20H2,1-2H3,(H,32,36). The minimum atomic E-state index is 0.00192. The van der Waals surface area contributed by atoms with Gasteiger partial charge in [0.1, 0.15) is 5.82 Å². The molecule has 0 radical (unpaired) electrons. The molecule has 36 heavy (non-hydrogen) atoms. The van der Waals surface area contributed by atoms with Crippen LogP contribution in [-0.4, -0.2) is 51.9 Å². The lowest BCUT2D eigenvalue weighted by atomic mass is 10.0. The fourth-order valence-electron chi connectivity index (χ4n) is 4.42. The fraction of sp³-hybridized carbons (Fsp3) is 0.310. The number of hydrogen-bond donors (Lipinski definition) is 1. The zero-order valence-corrected chi connectivity index (χ0v) is 20.9. The van der Waals surface area contributed by atoms with Crippen molar-refractivity contribution >= 4 is 28.4 Å². The van der Waals surface area contributed by atoms with E-state index in [1.807, 2.05) is 68.8 Å². The van der Waals surface area contributed by atoms with Gasteiger partial charge < -0.3 is 10.2 Å². The molecule has 0 aliphatic carbocycles. The van der Waals surface area contributed by atoms with Crippen LogP contribution in [0, 0.1) is 5.92 Å². The highest BCUT2D eigenvalue weighted by molar-refractivity contribution is 5.92. The Kier molecular flexibility index (Phi) is 7.18. The van der Waals surface area contributed by atoms with Crippen LogP contribution in [0.1, 0.15) is 25.8 Å². The van der Waals surface area contributed by atoms with E-state index in [1.54, 1.807) is 0 Å². The Morgan fingerprint density at radius 1 is 0.972 bits per heavy atom. The molecule has 4 aromatic rings. The molecule has 1 fully saturated rings. The van der Waals surface area contributed by atoms with Gasteiger partial charge in [0.2, 0.25) is 5.91 Å². The monoisotopic (exact) mass is 480 g/mol. The normalized spacial score (nSPS) is 15.1. The zero-order valence-electron chi connectivity index (χ0n) is 20.9. The van der Waals surface area contributed by atoms with Crippen LogP contribution in [-0.2, 0) is 11.3 Å². The van der Waals surface area contributed by atoms with Crippen molar-refractivity contribution in [2.24, 2.45) is 5.92 Å². The molecule has 0 bridgehead atoms. The van der Waals surface area contributed by atoms with Crippen molar-refractivity contribution in [3.8, 4) is 11.1 Å². The van der Waals surface area contributed by atoms with Crippen LogP contribution in [0.15, 0.2) is 73.2 Å². The molecule has 184 valence electrons. The number of anilines is 2. The van der Waals surface area contributed by atoms with Crippen LogP contribution in [0.2, 0.25) is 0 Å². The van der Waals surface area contributed by atoms with E-state index in [1.165, 1.54) is 5.56 Å². The lowest BCUT2D eigenvalue weighted by molar-refractivity contribution is -0.119. The van der Waals surface area contributed by atoms with Crippen LogP contribution in [0.5, 0.6) is 0 Å². The first-order valence-corrected chi connectivity index (χ1v) is 12.6. The van der Waals surface area contributed by atoms with E-state index in [-0.39, 0.29) is 11.8 Å². The van der Waals surface area contributed by atoms with E-state index < -0.39 is 0 Å². The highest BCUT2D eigenvalue weighted by Crippen LogP contribution is 2.26. The van der Waals surface area contributed by atoms with E-state index in [0.717, 1.165) is 72.8 Å². The summed E-state index contributed by atoms with van der Waals surface area (Å²) in [6.07, 6.45) is 6.46. The summed E-state index contributed by atoms with van der Waals surface area (Å²) in [5.41, 5.74) is 5.99. The Labute approximate surface area is 212 Å². The van der Waals surface area contributed by atoms with Crippen LogP contribution in [0.4, 0.5) is 11.5 Å². The molecule has 1 atom stereocenters. The summed E-state index contributed by atoms with van der Waals surface area (Å²) < 4.78 is 0. The van der Waals surface area contributed by atoms with Crippen molar-refractivity contribution in [1.82, 2.24) is 19.9 Å².